The average Bonchev–Trinajstić information content (AvgIpc) is 2.67. The highest BCUT2D eigenvalue weighted by molar-refractivity contribution is 7.99. The second-order valence-corrected chi connectivity index (χ2v) is 4.10. The normalized spacial score (nSPS) is 10.7. The van der Waals surface area contributed by atoms with Gasteiger partial charge in [-0.3, -0.25) is 4.79 Å². The molecule has 0 saturated heterocycles. The quantitative estimate of drug-likeness (QED) is 0.671. The van der Waals surface area contributed by atoms with Gasteiger partial charge in [0.15, 0.2) is 11.0 Å². The standard InChI is InChI=1S/C9H15N3O4S/c1-15-4-3-12-7(5-16-2)10-11-9(12)17-6-8(13)14/h3-6H2,1-2H3,(H,13,14). The van der Waals surface area contributed by atoms with Crippen LogP contribution in [-0.4, -0.2) is 52.4 Å². The highest BCUT2D eigenvalue weighted by Crippen LogP contribution is 2.17. The third kappa shape index (κ3) is 4.33. The predicted molar refractivity (Wildman–Crippen MR) is 61.0 cm³/mol. The van der Waals surface area contributed by atoms with Crippen LogP contribution in [0.3, 0.4) is 0 Å². The molecule has 1 heterocycles. The number of rotatable bonds is 8. The van der Waals surface area contributed by atoms with E-state index in [1.165, 1.54) is 0 Å². The molecule has 0 aliphatic heterocycles. The molecule has 0 atom stereocenters. The minimum absolute atomic E-state index is 0.0436. The number of aromatic nitrogens is 3. The van der Waals surface area contributed by atoms with Crippen LogP contribution in [-0.2, 0) is 27.4 Å². The number of thioether (sulfide) groups is 1. The molecule has 0 fully saturated rings. The van der Waals surface area contributed by atoms with Gasteiger partial charge in [-0.25, -0.2) is 0 Å². The Balaban J connectivity index is 2.75. The van der Waals surface area contributed by atoms with Crippen LogP contribution < -0.4 is 0 Å². The van der Waals surface area contributed by atoms with Crippen LogP contribution in [0, 0.1) is 0 Å². The Bertz CT molecular complexity index is 369. The summed E-state index contributed by atoms with van der Waals surface area (Å²) in [5.74, 6) is -0.264. The Kier molecular flexibility index (Phi) is 5.95. The summed E-state index contributed by atoms with van der Waals surface area (Å²) in [6, 6.07) is 0. The molecule has 17 heavy (non-hydrogen) atoms. The summed E-state index contributed by atoms with van der Waals surface area (Å²) in [6.07, 6.45) is 0. The van der Waals surface area contributed by atoms with Crippen LogP contribution in [0.2, 0.25) is 0 Å². The molecule has 1 rings (SSSR count). The second-order valence-electron chi connectivity index (χ2n) is 3.16. The summed E-state index contributed by atoms with van der Waals surface area (Å²) in [6.45, 7) is 1.42. The lowest BCUT2D eigenvalue weighted by atomic mass is 10.6. The molecule has 8 heteroatoms. The zero-order valence-corrected chi connectivity index (χ0v) is 10.6. The van der Waals surface area contributed by atoms with Crippen molar-refractivity contribution < 1.29 is 19.4 Å². The summed E-state index contributed by atoms with van der Waals surface area (Å²) in [7, 11) is 3.17. The van der Waals surface area contributed by atoms with Gasteiger partial charge in [0.25, 0.3) is 0 Å². The third-order valence-electron chi connectivity index (χ3n) is 1.91. The van der Waals surface area contributed by atoms with Crippen molar-refractivity contribution in [2.45, 2.75) is 18.3 Å². The van der Waals surface area contributed by atoms with E-state index in [4.69, 9.17) is 14.6 Å². The molecule has 0 aliphatic carbocycles. The van der Waals surface area contributed by atoms with E-state index in [1.807, 2.05) is 0 Å². The maximum atomic E-state index is 10.5. The van der Waals surface area contributed by atoms with E-state index < -0.39 is 5.97 Å². The first-order valence-corrected chi connectivity index (χ1v) is 5.92. The summed E-state index contributed by atoms with van der Waals surface area (Å²) < 4.78 is 11.8. The Hall–Kier alpha value is -1.12. The van der Waals surface area contributed by atoms with E-state index in [9.17, 15) is 4.79 Å². The maximum absolute atomic E-state index is 10.5. The first kappa shape index (κ1) is 13.9. The van der Waals surface area contributed by atoms with Crippen LogP contribution >= 0.6 is 11.8 Å². The first-order valence-electron chi connectivity index (χ1n) is 4.93. The highest BCUT2D eigenvalue weighted by Gasteiger charge is 2.13. The van der Waals surface area contributed by atoms with Crippen molar-refractivity contribution in [3.05, 3.63) is 5.82 Å². The Labute approximate surface area is 103 Å². The number of carbonyl (C=O) groups is 1. The summed E-state index contributed by atoms with van der Waals surface area (Å²) >= 11 is 1.13. The Morgan fingerprint density at radius 1 is 1.41 bits per heavy atom. The van der Waals surface area contributed by atoms with Crippen LogP contribution in [0.1, 0.15) is 5.82 Å². The van der Waals surface area contributed by atoms with E-state index in [1.54, 1.807) is 18.8 Å². The van der Waals surface area contributed by atoms with Crippen LogP contribution in [0.15, 0.2) is 5.16 Å². The Morgan fingerprint density at radius 3 is 2.76 bits per heavy atom. The maximum Gasteiger partial charge on any atom is 0.313 e. The SMILES string of the molecule is COCCn1c(COC)nnc1SCC(=O)O. The topological polar surface area (TPSA) is 86.5 Å². The van der Waals surface area contributed by atoms with Gasteiger partial charge in [-0.1, -0.05) is 11.8 Å². The zero-order valence-electron chi connectivity index (χ0n) is 9.75. The molecule has 1 aromatic heterocycles. The first-order chi connectivity index (χ1) is 8.19. The van der Waals surface area contributed by atoms with Gasteiger partial charge in [-0.15, -0.1) is 10.2 Å². The average molecular weight is 261 g/mol. The van der Waals surface area contributed by atoms with Crippen molar-refractivity contribution in [3.8, 4) is 0 Å². The molecule has 0 aliphatic rings. The number of ether oxygens (including phenoxy) is 2. The van der Waals surface area contributed by atoms with Crippen LogP contribution in [0.5, 0.6) is 0 Å². The number of methoxy groups -OCH3 is 2. The van der Waals surface area contributed by atoms with Crippen molar-refractivity contribution in [2.75, 3.05) is 26.6 Å². The van der Waals surface area contributed by atoms with Gasteiger partial charge in [0.05, 0.1) is 12.4 Å². The Morgan fingerprint density at radius 2 is 2.18 bits per heavy atom. The second kappa shape index (κ2) is 7.25. The fourth-order valence-electron chi connectivity index (χ4n) is 1.20. The lowest BCUT2D eigenvalue weighted by Crippen LogP contribution is -2.11. The van der Waals surface area contributed by atoms with Crippen LogP contribution in [0.25, 0.3) is 0 Å². The minimum Gasteiger partial charge on any atom is -0.481 e. The van der Waals surface area contributed by atoms with Crippen molar-refractivity contribution in [3.63, 3.8) is 0 Å². The fraction of sp³-hybridized carbons (Fsp3) is 0.667. The van der Waals surface area contributed by atoms with E-state index in [0.717, 1.165) is 11.8 Å². The lowest BCUT2D eigenvalue weighted by molar-refractivity contribution is -0.133. The zero-order chi connectivity index (χ0) is 12.7. The minimum atomic E-state index is -0.885. The largest absolute Gasteiger partial charge is 0.481 e. The molecule has 0 radical (unpaired) electrons. The van der Waals surface area contributed by atoms with Gasteiger partial charge in [0.2, 0.25) is 0 Å². The summed E-state index contributed by atoms with van der Waals surface area (Å²) in [5.41, 5.74) is 0. The van der Waals surface area contributed by atoms with E-state index >= 15 is 0 Å². The molecule has 1 N–H and O–H groups in total. The van der Waals surface area contributed by atoms with Crippen molar-refractivity contribution in [2.24, 2.45) is 0 Å². The molecule has 0 bridgehead atoms. The number of hydrogen-bond acceptors (Lipinski definition) is 6. The molecule has 0 unspecified atom stereocenters. The molecule has 0 spiro atoms. The molecule has 0 saturated carbocycles. The van der Waals surface area contributed by atoms with Crippen molar-refractivity contribution >= 4 is 17.7 Å². The smallest absolute Gasteiger partial charge is 0.313 e. The molecule has 0 aromatic carbocycles. The third-order valence-corrected chi connectivity index (χ3v) is 2.86. The molecule has 1 aromatic rings. The lowest BCUT2D eigenvalue weighted by Gasteiger charge is -2.08. The van der Waals surface area contributed by atoms with E-state index in [-0.39, 0.29) is 5.75 Å². The number of aliphatic carboxylic acids is 1. The summed E-state index contributed by atoms with van der Waals surface area (Å²) in [5, 5.41) is 17.1. The van der Waals surface area contributed by atoms with E-state index in [2.05, 4.69) is 10.2 Å². The monoisotopic (exact) mass is 261 g/mol. The van der Waals surface area contributed by atoms with Gasteiger partial charge in [-0.05, 0) is 0 Å². The van der Waals surface area contributed by atoms with Gasteiger partial charge in [0.1, 0.15) is 6.61 Å². The predicted octanol–water partition coefficient (Wildman–Crippen LogP) is 0.248. The summed E-state index contributed by atoms with van der Waals surface area (Å²) in [4.78, 5) is 10.5. The van der Waals surface area contributed by atoms with Gasteiger partial charge in [0, 0.05) is 20.8 Å². The van der Waals surface area contributed by atoms with Gasteiger partial charge < -0.3 is 19.1 Å². The molecular weight excluding hydrogens is 246 g/mol. The van der Waals surface area contributed by atoms with Crippen molar-refractivity contribution in [1.29, 1.82) is 0 Å². The molecule has 7 nitrogen and oxygen atoms in total. The number of carboxylic acids is 1. The fourth-order valence-corrected chi connectivity index (χ4v) is 1.90. The van der Waals surface area contributed by atoms with Crippen LogP contribution in [0.4, 0.5) is 0 Å². The highest BCUT2D eigenvalue weighted by atomic mass is 32.2. The molecule has 96 valence electrons. The van der Waals surface area contributed by atoms with Gasteiger partial charge >= 0.3 is 5.97 Å². The number of hydrogen-bond donors (Lipinski definition) is 1. The molecular formula is C9H15N3O4S. The number of nitrogens with zero attached hydrogens (tertiary/aromatic N) is 3. The van der Waals surface area contributed by atoms with Crippen molar-refractivity contribution in [1.82, 2.24) is 14.8 Å². The van der Waals surface area contributed by atoms with Gasteiger partial charge in [-0.2, -0.15) is 0 Å². The van der Waals surface area contributed by atoms with E-state index in [0.29, 0.717) is 30.7 Å². The number of carboxylic acid groups (broad SMARTS) is 1. The molecule has 0 amide bonds.